The van der Waals surface area contributed by atoms with Crippen LogP contribution in [0.3, 0.4) is 0 Å². The van der Waals surface area contributed by atoms with Gasteiger partial charge in [0, 0.05) is 41.6 Å². The van der Waals surface area contributed by atoms with Crippen LogP contribution in [-0.4, -0.2) is 47.6 Å². The molecule has 2 aliphatic rings. The molecule has 0 radical (unpaired) electrons. The highest BCUT2D eigenvalue weighted by Gasteiger charge is 2.32. The molecule has 3 heterocycles. The number of pyridine rings is 1. The van der Waals surface area contributed by atoms with Crippen molar-refractivity contribution in [2.45, 2.75) is 64.6 Å². The maximum absolute atomic E-state index is 12.6. The summed E-state index contributed by atoms with van der Waals surface area (Å²) in [4.78, 5) is 16.8. The predicted molar refractivity (Wildman–Crippen MR) is 124 cm³/mol. The average Bonchev–Trinajstić information content (AvgIpc) is 3.17. The van der Waals surface area contributed by atoms with Crippen molar-refractivity contribution in [1.29, 1.82) is 0 Å². The van der Waals surface area contributed by atoms with Gasteiger partial charge in [-0.2, -0.15) is 5.10 Å². The van der Waals surface area contributed by atoms with Crippen LogP contribution in [0.4, 0.5) is 10.6 Å². The van der Waals surface area contributed by atoms with Gasteiger partial charge in [0.05, 0.1) is 17.5 Å². The molecular formula is C21H29ClN6O3S. The first-order valence-electron chi connectivity index (χ1n) is 10.7. The van der Waals surface area contributed by atoms with E-state index in [0.717, 1.165) is 55.3 Å². The third-order valence-corrected chi connectivity index (χ3v) is 7.01. The first-order chi connectivity index (χ1) is 15.0. The Morgan fingerprint density at radius 2 is 1.97 bits per heavy atom. The quantitative estimate of drug-likeness (QED) is 0.607. The van der Waals surface area contributed by atoms with Crippen LogP contribution in [0.5, 0.6) is 0 Å². The Kier molecular flexibility index (Phi) is 6.21. The Hall–Kier alpha value is -2.17. The summed E-state index contributed by atoms with van der Waals surface area (Å²) in [6.07, 6.45) is 8.35. The fourth-order valence-electron chi connectivity index (χ4n) is 4.65. The van der Waals surface area contributed by atoms with Gasteiger partial charge in [0.2, 0.25) is 10.0 Å². The number of fused-ring (bicyclic) bond motifs is 1. The van der Waals surface area contributed by atoms with Crippen molar-refractivity contribution < 1.29 is 13.2 Å². The second-order valence-corrected chi connectivity index (χ2v) is 11.8. The van der Waals surface area contributed by atoms with Gasteiger partial charge < -0.3 is 5.32 Å². The van der Waals surface area contributed by atoms with E-state index in [9.17, 15) is 13.2 Å². The number of carbonyl (C=O) groups is 1. The standard InChI is InChI=1S/C21H29ClN6O3S/c1-21(2)9-18-16(10-24-28(18)12-21)15-8-19(23-11-17(15)22)26-20(29)25-13-5-4-6-14(7-13)27-32(3,30)31/h8,10-11,13-14,27H,4-7,9,12H2,1-3H3,(H2,23,25,26,29)/t13-,14+/m0/s1. The smallest absolute Gasteiger partial charge is 0.320 e. The van der Waals surface area contributed by atoms with E-state index >= 15 is 0 Å². The summed E-state index contributed by atoms with van der Waals surface area (Å²) in [6, 6.07) is 1.10. The summed E-state index contributed by atoms with van der Waals surface area (Å²) in [5.41, 5.74) is 3.01. The molecule has 2 amide bonds. The molecule has 2 aromatic heterocycles. The molecule has 3 N–H and O–H groups in total. The van der Waals surface area contributed by atoms with Crippen LogP contribution >= 0.6 is 11.6 Å². The number of halogens is 1. The van der Waals surface area contributed by atoms with Crippen molar-refractivity contribution in [2.24, 2.45) is 5.41 Å². The van der Waals surface area contributed by atoms with Gasteiger partial charge in [-0.25, -0.2) is 22.9 Å². The highest BCUT2D eigenvalue weighted by atomic mass is 35.5. The number of hydrogen-bond acceptors (Lipinski definition) is 5. The van der Waals surface area contributed by atoms with Gasteiger partial charge in [-0.15, -0.1) is 0 Å². The Labute approximate surface area is 193 Å². The molecule has 4 rings (SSSR count). The Balaban J connectivity index is 1.43. The van der Waals surface area contributed by atoms with Crippen molar-refractivity contribution in [2.75, 3.05) is 11.6 Å². The first-order valence-corrected chi connectivity index (χ1v) is 13.0. The van der Waals surface area contributed by atoms with Gasteiger partial charge in [-0.1, -0.05) is 25.4 Å². The van der Waals surface area contributed by atoms with Gasteiger partial charge in [0.25, 0.3) is 0 Å². The maximum atomic E-state index is 12.6. The number of sulfonamides is 1. The molecule has 174 valence electrons. The lowest BCUT2D eigenvalue weighted by atomic mass is 9.89. The molecule has 0 bridgehead atoms. The summed E-state index contributed by atoms with van der Waals surface area (Å²) in [5, 5.41) is 10.7. The van der Waals surface area contributed by atoms with E-state index in [1.807, 2.05) is 10.9 Å². The van der Waals surface area contributed by atoms with Crippen molar-refractivity contribution in [1.82, 2.24) is 24.8 Å². The van der Waals surface area contributed by atoms with Crippen LogP contribution in [0, 0.1) is 5.41 Å². The third-order valence-electron chi connectivity index (χ3n) is 5.95. The summed E-state index contributed by atoms with van der Waals surface area (Å²) < 4.78 is 27.6. The Morgan fingerprint density at radius 1 is 1.22 bits per heavy atom. The zero-order valence-electron chi connectivity index (χ0n) is 18.5. The summed E-state index contributed by atoms with van der Waals surface area (Å²) >= 11 is 6.44. The number of rotatable bonds is 5. The summed E-state index contributed by atoms with van der Waals surface area (Å²) in [7, 11) is -3.27. The van der Waals surface area contributed by atoms with E-state index in [1.165, 1.54) is 6.20 Å². The minimum Gasteiger partial charge on any atom is -0.335 e. The lowest BCUT2D eigenvalue weighted by molar-refractivity contribution is 0.241. The lowest BCUT2D eigenvalue weighted by Crippen LogP contribution is -2.46. The van der Waals surface area contributed by atoms with Gasteiger partial charge in [0.15, 0.2) is 0 Å². The third kappa shape index (κ3) is 5.41. The molecule has 2 atom stereocenters. The molecule has 1 aliphatic carbocycles. The van der Waals surface area contributed by atoms with Crippen molar-refractivity contribution in [3.05, 3.63) is 29.2 Å². The van der Waals surface area contributed by atoms with Crippen LogP contribution in [0.1, 0.15) is 45.2 Å². The minimum atomic E-state index is -3.27. The van der Waals surface area contributed by atoms with Crippen LogP contribution < -0.4 is 15.4 Å². The number of nitrogens with one attached hydrogen (secondary N) is 3. The van der Waals surface area contributed by atoms with E-state index in [2.05, 4.69) is 39.3 Å². The van der Waals surface area contributed by atoms with Crippen molar-refractivity contribution in [3.63, 3.8) is 0 Å². The number of nitrogens with zero attached hydrogens (tertiary/aromatic N) is 3. The van der Waals surface area contributed by atoms with Crippen LogP contribution in [-0.2, 0) is 23.0 Å². The molecule has 32 heavy (non-hydrogen) atoms. The largest absolute Gasteiger partial charge is 0.335 e. The minimum absolute atomic E-state index is 0.115. The van der Waals surface area contributed by atoms with Crippen LogP contribution in [0.25, 0.3) is 11.1 Å². The monoisotopic (exact) mass is 480 g/mol. The van der Waals surface area contributed by atoms with Gasteiger partial charge in [0.1, 0.15) is 5.82 Å². The van der Waals surface area contributed by atoms with E-state index in [1.54, 1.807) is 6.07 Å². The molecule has 2 aromatic rings. The molecular weight excluding hydrogens is 452 g/mol. The predicted octanol–water partition coefficient (Wildman–Crippen LogP) is 3.16. The second-order valence-electron chi connectivity index (χ2n) is 9.60. The van der Waals surface area contributed by atoms with Crippen molar-refractivity contribution in [3.8, 4) is 11.1 Å². The molecule has 1 aliphatic heterocycles. The van der Waals surface area contributed by atoms with E-state index < -0.39 is 10.0 Å². The number of carbonyl (C=O) groups excluding carboxylic acids is 1. The molecule has 1 fully saturated rings. The number of urea groups is 1. The fourth-order valence-corrected chi connectivity index (χ4v) is 5.68. The zero-order valence-corrected chi connectivity index (χ0v) is 20.1. The van der Waals surface area contributed by atoms with Crippen molar-refractivity contribution >= 4 is 33.5 Å². The van der Waals surface area contributed by atoms with E-state index in [-0.39, 0.29) is 23.5 Å². The van der Waals surface area contributed by atoms with Gasteiger partial charge >= 0.3 is 6.03 Å². The Morgan fingerprint density at radius 3 is 2.72 bits per heavy atom. The molecule has 11 heteroatoms. The second kappa shape index (κ2) is 8.64. The number of amides is 2. The number of hydrogen-bond donors (Lipinski definition) is 3. The maximum Gasteiger partial charge on any atom is 0.320 e. The van der Waals surface area contributed by atoms with Crippen LogP contribution in [0.15, 0.2) is 18.5 Å². The SMILES string of the molecule is CC1(C)Cc2c(-c3cc(NC(=O)N[C@H]4CCC[C@@H](NS(C)(=O)=O)C4)ncc3Cl)cnn2C1. The molecule has 9 nitrogen and oxygen atoms in total. The van der Waals surface area contributed by atoms with Gasteiger partial charge in [-0.05, 0) is 43.6 Å². The highest BCUT2D eigenvalue weighted by molar-refractivity contribution is 7.88. The average molecular weight is 481 g/mol. The highest BCUT2D eigenvalue weighted by Crippen LogP contribution is 2.39. The van der Waals surface area contributed by atoms with Gasteiger partial charge in [-0.3, -0.25) is 10.00 Å². The summed E-state index contributed by atoms with van der Waals surface area (Å²) in [5.74, 6) is 0.390. The normalized spacial score (nSPS) is 22.4. The first kappa shape index (κ1) is 23.0. The molecule has 0 spiro atoms. The summed E-state index contributed by atoms with van der Waals surface area (Å²) in [6.45, 7) is 5.27. The van der Waals surface area contributed by atoms with E-state index in [0.29, 0.717) is 17.3 Å². The Bertz CT molecular complexity index is 1130. The lowest BCUT2D eigenvalue weighted by Gasteiger charge is -2.29. The fraction of sp³-hybridized carbons (Fsp3) is 0.571. The molecule has 0 aromatic carbocycles. The topological polar surface area (TPSA) is 118 Å². The number of anilines is 1. The number of aromatic nitrogens is 3. The zero-order chi connectivity index (χ0) is 23.1. The molecule has 0 saturated heterocycles. The molecule has 0 unspecified atom stereocenters. The van der Waals surface area contributed by atoms with Crippen LogP contribution in [0.2, 0.25) is 5.02 Å². The molecule has 1 saturated carbocycles. The van der Waals surface area contributed by atoms with E-state index in [4.69, 9.17) is 11.6 Å².